The van der Waals surface area contributed by atoms with Gasteiger partial charge in [-0.1, -0.05) is 12.1 Å². The highest BCUT2D eigenvalue weighted by molar-refractivity contribution is 5.29. The van der Waals surface area contributed by atoms with Gasteiger partial charge in [-0.05, 0) is 36.5 Å². The minimum absolute atomic E-state index is 0.689. The molecule has 3 nitrogen and oxygen atoms in total. The largest absolute Gasteiger partial charge is 0.497 e. The molecule has 0 spiro atoms. The first-order chi connectivity index (χ1) is 8.33. The molecule has 0 N–H and O–H groups in total. The molecule has 0 atom stereocenters. The highest BCUT2D eigenvalue weighted by atomic mass is 16.5. The van der Waals surface area contributed by atoms with E-state index in [1.54, 1.807) is 14.2 Å². The fraction of sp³-hybridized carbons (Fsp3) is 0.571. The van der Waals surface area contributed by atoms with Crippen molar-refractivity contribution in [2.75, 3.05) is 34.0 Å². The summed E-state index contributed by atoms with van der Waals surface area (Å²) in [5.74, 6) is 1.62. The Bertz CT molecular complexity index is 329. The third-order valence-electron chi connectivity index (χ3n) is 3.49. The summed E-state index contributed by atoms with van der Waals surface area (Å²) in [6, 6.07) is 8.48. The van der Waals surface area contributed by atoms with Crippen molar-refractivity contribution < 1.29 is 9.47 Å². The van der Waals surface area contributed by atoms with Gasteiger partial charge in [-0.3, -0.25) is 4.90 Å². The van der Waals surface area contributed by atoms with Crippen LogP contribution in [0.5, 0.6) is 5.75 Å². The van der Waals surface area contributed by atoms with Crippen molar-refractivity contribution in [2.24, 2.45) is 0 Å². The SMILES string of the molecule is COCN1CCC(c2ccc(OC)cc2)CC1. The fourth-order valence-electron chi connectivity index (χ4n) is 2.45. The van der Waals surface area contributed by atoms with Crippen molar-refractivity contribution in [3.05, 3.63) is 29.8 Å². The molecular weight excluding hydrogens is 214 g/mol. The molecule has 0 radical (unpaired) electrons. The van der Waals surface area contributed by atoms with Crippen LogP contribution in [0, 0.1) is 0 Å². The quantitative estimate of drug-likeness (QED) is 0.800. The number of likely N-dealkylation sites (tertiary alicyclic amines) is 1. The number of piperidine rings is 1. The number of hydrogen-bond donors (Lipinski definition) is 0. The summed E-state index contributed by atoms with van der Waals surface area (Å²) in [4.78, 5) is 2.36. The van der Waals surface area contributed by atoms with Gasteiger partial charge in [0, 0.05) is 20.2 Å². The Morgan fingerprint density at radius 1 is 1.12 bits per heavy atom. The van der Waals surface area contributed by atoms with E-state index in [4.69, 9.17) is 9.47 Å². The molecular formula is C14H21NO2. The Hall–Kier alpha value is -1.06. The highest BCUT2D eigenvalue weighted by Crippen LogP contribution is 2.28. The monoisotopic (exact) mass is 235 g/mol. The average molecular weight is 235 g/mol. The summed E-state index contributed by atoms with van der Waals surface area (Å²) >= 11 is 0. The standard InChI is InChI=1S/C14H21NO2/c1-16-11-15-9-7-13(8-10-15)12-3-5-14(17-2)6-4-12/h3-6,13H,7-11H2,1-2H3. The first-order valence-electron chi connectivity index (χ1n) is 6.18. The molecule has 0 saturated carbocycles. The lowest BCUT2D eigenvalue weighted by atomic mass is 9.89. The lowest BCUT2D eigenvalue weighted by Gasteiger charge is -2.31. The number of nitrogens with zero attached hydrogens (tertiary/aromatic N) is 1. The van der Waals surface area contributed by atoms with Crippen molar-refractivity contribution in [3.8, 4) is 5.75 Å². The van der Waals surface area contributed by atoms with Gasteiger partial charge in [-0.25, -0.2) is 0 Å². The van der Waals surface area contributed by atoms with Gasteiger partial charge in [0.1, 0.15) is 5.75 Å². The first-order valence-corrected chi connectivity index (χ1v) is 6.18. The summed E-state index contributed by atoms with van der Waals surface area (Å²) in [6.07, 6.45) is 2.44. The second kappa shape index (κ2) is 6.03. The predicted octanol–water partition coefficient (Wildman–Crippen LogP) is 2.48. The molecule has 17 heavy (non-hydrogen) atoms. The van der Waals surface area contributed by atoms with Crippen LogP contribution >= 0.6 is 0 Å². The number of rotatable bonds is 4. The maximum atomic E-state index is 5.18. The zero-order chi connectivity index (χ0) is 12.1. The van der Waals surface area contributed by atoms with E-state index in [0.717, 1.165) is 25.6 Å². The molecule has 1 fully saturated rings. The van der Waals surface area contributed by atoms with Crippen LogP contribution in [0.1, 0.15) is 24.3 Å². The molecule has 94 valence electrons. The molecule has 1 aliphatic heterocycles. The molecule has 0 aromatic heterocycles. The van der Waals surface area contributed by atoms with Crippen LogP contribution < -0.4 is 4.74 Å². The number of ether oxygens (including phenoxy) is 2. The Labute approximate surface area is 103 Å². The molecule has 0 amide bonds. The van der Waals surface area contributed by atoms with Crippen molar-refractivity contribution in [1.29, 1.82) is 0 Å². The van der Waals surface area contributed by atoms with E-state index in [9.17, 15) is 0 Å². The van der Waals surface area contributed by atoms with Gasteiger partial charge in [0.25, 0.3) is 0 Å². The summed E-state index contributed by atoms with van der Waals surface area (Å²) in [6.45, 7) is 3.02. The number of hydrogen-bond acceptors (Lipinski definition) is 3. The Morgan fingerprint density at radius 2 is 1.76 bits per heavy atom. The van der Waals surface area contributed by atoms with Crippen molar-refractivity contribution in [3.63, 3.8) is 0 Å². The number of methoxy groups -OCH3 is 2. The first kappa shape index (κ1) is 12.4. The van der Waals surface area contributed by atoms with Crippen LogP contribution in [0.3, 0.4) is 0 Å². The van der Waals surface area contributed by atoms with Gasteiger partial charge >= 0.3 is 0 Å². The van der Waals surface area contributed by atoms with E-state index in [2.05, 4.69) is 29.2 Å². The van der Waals surface area contributed by atoms with Crippen molar-refractivity contribution >= 4 is 0 Å². The van der Waals surface area contributed by atoms with Crippen LogP contribution in [0.15, 0.2) is 24.3 Å². The molecule has 0 bridgehead atoms. The van der Waals surface area contributed by atoms with Crippen LogP contribution in [0.25, 0.3) is 0 Å². The summed E-state index contributed by atoms with van der Waals surface area (Å²) in [5, 5.41) is 0. The van der Waals surface area contributed by atoms with Gasteiger partial charge in [0.15, 0.2) is 0 Å². The summed E-state index contributed by atoms with van der Waals surface area (Å²) < 4.78 is 10.3. The smallest absolute Gasteiger partial charge is 0.118 e. The molecule has 0 unspecified atom stereocenters. The molecule has 1 saturated heterocycles. The maximum absolute atomic E-state index is 5.18. The third-order valence-corrected chi connectivity index (χ3v) is 3.49. The zero-order valence-electron chi connectivity index (χ0n) is 10.7. The predicted molar refractivity (Wildman–Crippen MR) is 68.4 cm³/mol. The minimum atomic E-state index is 0.689. The van der Waals surface area contributed by atoms with Gasteiger partial charge in [0.05, 0.1) is 13.8 Å². The van der Waals surface area contributed by atoms with Crippen LogP contribution in [-0.4, -0.2) is 38.9 Å². The molecule has 2 rings (SSSR count). The van der Waals surface area contributed by atoms with E-state index in [1.165, 1.54) is 18.4 Å². The lowest BCUT2D eigenvalue weighted by molar-refractivity contribution is 0.0467. The average Bonchev–Trinajstić information content (AvgIpc) is 2.40. The lowest BCUT2D eigenvalue weighted by Crippen LogP contribution is -2.34. The normalized spacial score (nSPS) is 18.2. The zero-order valence-corrected chi connectivity index (χ0v) is 10.7. The molecule has 1 aliphatic rings. The van der Waals surface area contributed by atoms with E-state index >= 15 is 0 Å². The van der Waals surface area contributed by atoms with Gasteiger partial charge in [-0.15, -0.1) is 0 Å². The van der Waals surface area contributed by atoms with E-state index < -0.39 is 0 Å². The van der Waals surface area contributed by atoms with E-state index in [-0.39, 0.29) is 0 Å². The van der Waals surface area contributed by atoms with Gasteiger partial charge in [0.2, 0.25) is 0 Å². The second-order valence-electron chi connectivity index (χ2n) is 4.58. The van der Waals surface area contributed by atoms with Crippen molar-refractivity contribution in [1.82, 2.24) is 4.90 Å². The topological polar surface area (TPSA) is 21.7 Å². The van der Waals surface area contributed by atoms with Crippen LogP contribution in [0.4, 0.5) is 0 Å². The summed E-state index contributed by atoms with van der Waals surface area (Å²) in [5.41, 5.74) is 1.43. The molecule has 3 heteroatoms. The van der Waals surface area contributed by atoms with E-state index in [1.807, 2.05) is 0 Å². The summed E-state index contributed by atoms with van der Waals surface area (Å²) in [7, 11) is 3.47. The van der Waals surface area contributed by atoms with Crippen LogP contribution in [-0.2, 0) is 4.74 Å². The van der Waals surface area contributed by atoms with Gasteiger partial charge < -0.3 is 9.47 Å². The van der Waals surface area contributed by atoms with Gasteiger partial charge in [-0.2, -0.15) is 0 Å². The number of benzene rings is 1. The fourth-order valence-corrected chi connectivity index (χ4v) is 2.45. The minimum Gasteiger partial charge on any atom is -0.497 e. The molecule has 1 heterocycles. The maximum Gasteiger partial charge on any atom is 0.118 e. The second-order valence-corrected chi connectivity index (χ2v) is 4.58. The Kier molecular flexibility index (Phi) is 4.40. The Balaban J connectivity index is 1.91. The van der Waals surface area contributed by atoms with Crippen molar-refractivity contribution in [2.45, 2.75) is 18.8 Å². The highest BCUT2D eigenvalue weighted by Gasteiger charge is 2.20. The van der Waals surface area contributed by atoms with E-state index in [0.29, 0.717) is 5.92 Å². The molecule has 1 aromatic rings. The van der Waals surface area contributed by atoms with Crippen LogP contribution in [0.2, 0.25) is 0 Å². The molecule has 1 aromatic carbocycles. The third kappa shape index (κ3) is 3.20. The molecule has 0 aliphatic carbocycles. The Morgan fingerprint density at radius 3 is 2.29 bits per heavy atom.